The predicted molar refractivity (Wildman–Crippen MR) is 102 cm³/mol. The molecule has 3 amide bonds. The van der Waals surface area contributed by atoms with Crippen molar-refractivity contribution in [1.82, 2.24) is 10.2 Å². The lowest BCUT2D eigenvalue weighted by Crippen LogP contribution is -2.41. The molecule has 142 valence electrons. The van der Waals surface area contributed by atoms with Crippen LogP contribution in [0.25, 0.3) is 0 Å². The third-order valence-corrected chi connectivity index (χ3v) is 4.50. The molecule has 7 nitrogen and oxygen atoms in total. The molecule has 0 radical (unpaired) electrons. The maximum Gasteiger partial charge on any atom is 0.325 e. The molecule has 1 heterocycles. The van der Waals surface area contributed by atoms with Crippen molar-refractivity contribution in [2.24, 2.45) is 0 Å². The molecule has 7 heteroatoms. The zero-order chi connectivity index (χ0) is 19.4. The van der Waals surface area contributed by atoms with Gasteiger partial charge in [0.1, 0.15) is 0 Å². The van der Waals surface area contributed by atoms with Crippen LogP contribution < -0.4 is 20.1 Å². The lowest BCUT2D eigenvalue weighted by atomic mass is 10.1. The highest BCUT2D eigenvalue weighted by atomic mass is 16.7. The Kier molecular flexibility index (Phi) is 5.61. The summed E-state index contributed by atoms with van der Waals surface area (Å²) >= 11 is 0. The number of nitrogens with zero attached hydrogens (tertiary/aromatic N) is 1. The average molecular weight is 369 g/mol. The van der Waals surface area contributed by atoms with E-state index in [1.54, 1.807) is 18.2 Å². The number of likely N-dealkylation sites (N-methyl/N-ethyl adjacent to an activating group) is 1. The smallest absolute Gasteiger partial charge is 0.325 e. The molecule has 0 saturated heterocycles. The van der Waals surface area contributed by atoms with Crippen molar-refractivity contribution in [3.63, 3.8) is 0 Å². The van der Waals surface area contributed by atoms with Gasteiger partial charge in [0.2, 0.25) is 12.7 Å². The molecule has 2 aromatic rings. The van der Waals surface area contributed by atoms with Gasteiger partial charge >= 0.3 is 6.03 Å². The number of ether oxygens (including phenoxy) is 2. The van der Waals surface area contributed by atoms with Crippen LogP contribution in [0.5, 0.6) is 11.5 Å². The molecular formula is C20H23N3O4. The Morgan fingerprint density at radius 3 is 2.56 bits per heavy atom. The molecule has 0 saturated carbocycles. The summed E-state index contributed by atoms with van der Waals surface area (Å²) in [6, 6.07) is 12.7. The third kappa shape index (κ3) is 4.77. The largest absolute Gasteiger partial charge is 0.454 e. The number of aryl methyl sites for hydroxylation is 1. The van der Waals surface area contributed by atoms with Crippen molar-refractivity contribution < 1.29 is 19.1 Å². The van der Waals surface area contributed by atoms with Crippen LogP contribution in [0.3, 0.4) is 0 Å². The number of urea groups is 1. The number of rotatable bonds is 5. The fourth-order valence-electron chi connectivity index (χ4n) is 2.77. The van der Waals surface area contributed by atoms with E-state index in [9.17, 15) is 9.59 Å². The van der Waals surface area contributed by atoms with Crippen LogP contribution in [0.15, 0.2) is 42.5 Å². The quantitative estimate of drug-likeness (QED) is 0.847. The maximum absolute atomic E-state index is 12.2. The van der Waals surface area contributed by atoms with Crippen molar-refractivity contribution in [3.8, 4) is 11.5 Å². The molecule has 0 aliphatic carbocycles. The summed E-state index contributed by atoms with van der Waals surface area (Å²) in [5, 5.41) is 4.96. The van der Waals surface area contributed by atoms with Crippen LogP contribution in [0, 0.1) is 6.92 Å². The van der Waals surface area contributed by atoms with E-state index in [0.29, 0.717) is 17.2 Å². The molecule has 0 spiro atoms. The second kappa shape index (κ2) is 8.09. The van der Waals surface area contributed by atoms with Crippen molar-refractivity contribution in [2.45, 2.75) is 19.9 Å². The number of hydrogen-bond acceptors (Lipinski definition) is 5. The van der Waals surface area contributed by atoms with E-state index in [0.717, 1.165) is 5.56 Å². The Balaban J connectivity index is 1.50. The Morgan fingerprint density at radius 2 is 1.81 bits per heavy atom. The van der Waals surface area contributed by atoms with Gasteiger partial charge in [-0.1, -0.05) is 29.8 Å². The third-order valence-electron chi connectivity index (χ3n) is 4.50. The minimum Gasteiger partial charge on any atom is -0.454 e. The standard InChI is InChI=1S/C20H23N3O4/c1-13-4-6-15(7-5-13)14(2)23(3)11-19(24)22-20(25)21-16-8-9-17-18(10-16)27-12-26-17/h4-10,14H,11-12H2,1-3H3,(H2,21,22,24,25). The first-order valence-corrected chi connectivity index (χ1v) is 8.69. The topological polar surface area (TPSA) is 79.9 Å². The molecule has 3 rings (SSSR count). The van der Waals surface area contributed by atoms with Crippen molar-refractivity contribution in [3.05, 3.63) is 53.6 Å². The van der Waals surface area contributed by atoms with Gasteiger partial charge < -0.3 is 14.8 Å². The summed E-state index contributed by atoms with van der Waals surface area (Å²) in [5.41, 5.74) is 2.82. The highest BCUT2D eigenvalue weighted by Gasteiger charge is 2.18. The van der Waals surface area contributed by atoms with E-state index >= 15 is 0 Å². The maximum atomic E-state index is 12.2. The molecule has 1 aliphatic rings. The van der Waals surface area contributed by atoms with Gasteiger partial charge in [0, 0.05) is 17.8 Å². The van der Waals surface area contributed by atoms with E-state index in [2.05, 4.69) is 10.6 Å². The molecule has 1 unspecified atom stereocenters. The monoisotopic (exact) mass is 369 g/mol. The Bertz CT molecular complexity index is 836. The average Bonchev–Trinajstić information content (AvgIpc) is 3.09. The number of fused-ring (bicyclic) bond motifs is 1. The first kappa shape index (κ1) is 18.7. The van der Waals surface area contributed by atoms with Gasteiger partial charge in [0.05, 0.1) is 6.54 Å². The molecule has 27 heavy (non-hydrogen) atoms. The minimum absolute atomic E-state index is 0.0493. The normalized spacial score (nSPS) is 13.3. The predicted octanol–water partition coefficient (Wildman–Crippen LogP) is 3.06. The summed E-state index contributed by atoms with van der Waals surface area (Å²) in [6.45, 7) is 4.31. The Labute approximate surface area is 158 Å². The number of hydrogen-bond donors (Lipinski definition) is 2. The lowest BCUT2D eigenvalue weighted by molar-refractivity contribution is -0.121. The molecule has 2 N–H and O–H groups in total. The van der Waals surface area contributed by atoms with Gasteiger partial charge in [0.15, 0.2) is 11.5 Å². The minimum atomic E-state index is -0.588. The molecule has 0 fully saturated rings. The molecule has 0 bridgehead atoms. The molecule has 1 atom stereocenters. The summed E-state index contributed by atoms with van der Waals surface area (Å²) in [5.74, 6) is 0.809. The van der Waals surface area contributed by atoms with Crippen molar-refractivity contribution >= 4 is 17.6 Å². The number of amides is 3. The fraction of sp³-hybridized carbons (Fsp3) is 0.300. The van der Waals surface area contributed by atoms with E-state index in [1.807, 2.05) is 50.1 Å². The van der Waals surface area contributed by atoms with Crippen LogP contribution in [-0.4, -0.2) is 37.2 Å². The Hall–Kier alpha value is -3.06. The second-order valence-electron chi connectivity index (χ2n) is 6.57. The first-order valence-electron chi connectivity index (χ1n) is 8.69. The van der Waals surface area contributed by atoms with Crippen molar-refractivity contribution in [2.75, 3.05) is 25.7 Å². The van der Waals surface area contributed by atoms with Gasteiger partial charge in [0.25, 0.3) is 0 Å². The number of benzene rings is 2. The van der Waals surface area contributed by atoms with Crippen LogP contribution >= 0.6 is 0 Å². The molecule has 1 aliphatic heterocycles. The summed E-state index contributed by atoms with van der Waals surface area (Å²) in [4.78, 5) is 26.1. The number of imide groups is 1. The Morgan fingerprint density at radius 1 is 1.11 bits per heavy atom. The van der Waals surface area contributed by atoms with Crippen LogP contribution in [0.1, 0.15) is 24.1 Å². The van der Waals surface area contributed by atoms with E-state index in [4.69, 9.17) is 9.47 Å². The van der Waals surface area contributed by atoms with Gasteiger partial charge in [-0.3, -0.25) is 15.0 Å². The van der Waals surface area contributed by atoms with Gasteiger partial charge in [-0.15, -0.1) is 0 Å². The number of carbonyl (C=O) groups excluding carboxylic acids is 2. The van der Waals surface area contributed by atoms with Crippen LogP contribution in [-0.2, 0) is 4.79 Å². The van der Waals surface area contributed by atoms with E-state index in [1.165, 1.54) is 5.56 Å². The fourth-order valence-corrected chi connectivity index (χ4v) is 2.77. The molecule has 0 aromatic heterocycles. The van der Waals surface area contributed by atoms with Crippen LogP contribution in [0.4, 0.5) is 10.5 Å². The van der Waals surface area contributed by atoms with E-state index < -0.39 is 6.03 Å². The van der Waals surface area contributed by atoms with E-state index in [-0.39, 0.29) is 25.3 Å². The van der Waals surface area contributed by atoms with Crippen LogP contribution in [0.2, 0.25) is 0 Å². The summed E-state index contributed by atoms with van der Waals surface area (Å²) < 4.78 is 10.5. The summed E-state index contributed by atoms with van der Waals surface area (Å²) in [6.07, 6.45) is 0. The molecular weight excluding hydrogens is 346 g/mol. The highest BCUT2D eigenvalue weighted by molar-refractivity contribution is 6.01. The SMILES string of the molecule is Cc1ccc(C(C)N(C)CC(=O)NC(=O)Nc2ccc3c(c2)OCO3)cc1. The number of nitrogens with one attached hydrogen (secondary N) is 2. The van der Waals surface area contributed by atoms with Gasteiger partial charge in [-0.25, -0.2) is 4.79 Å². The lowest BCUT2D eigenvalue weighted by Gasteiger charge is -2.24. The zero-order valence-corrected chi connectivity index (χ0v) is 15.6. The van der Waals surface area contributed by atoms with Crippen molar-refractivity contribution in [1.29, 1.82) is 0 Å². The molecule has 2 aromatic carbocycles. The van der Waals surface area contributed by atoms with Gasteiger partial charge in [-0.2, -0.15) is 0 Å². The number of anilines is 1. The number of carbonyl (C=O) groups is 2. The second-order valence-corrected chi connectivity index (χ2v) is 6.57. The first-order chi connectivity index (χ1) is 12.9. The highest BCUT2D eigenvalue weighted by Crippen LogP contribution is 2.34. The summed E-state index contributed by atoms with van der Waals surface area (Å²) in [7, 11) is 1.85. The zero-order valence-electron chi connectivity index (χ0n) is 15.6. The van der Waals surface area contributed by atoms with Gasteiger partial charge in [-0.05, 0) is 38.6 Å².